The summed E-state index contributed by atoms with van der Waals surface area (Å²) >= 11 is 0. The molecule has 0 amide bonds. The summed E-state index contributed by atoms with van der Waals surface area (Å²) in [5.74, 6) is -0.361. The predicted molar refractivity (Wildman–Crippen MR) is 85.8 cm³/mol. The minimum Gasteiger partial charge on any atom is -0.464 e. The molecule has 1 aliphatic rings. The quantitative estimate of drug-likeness (QED) is 0.878. The molecule has 0 fully saturated rings. The van der Waals surface area contributed by atoms with E-state index in [1.54, 1.807) is 6.92 Å². The summed E-state index contributed by atoms with van der Waals surface area (Å²) in [4.78, 5) is 17.8. The van der Waals surface area contributed by atoms with Crippen molar-refractivity contribution in [2.45, 2.75) is 25.9 Å². The van der Waals surface area contributed by atoms with Crippen LogP contribution in [0.4, 0.5) is 0 Å². The molecular weight excluding hydrogens is 278 g/mol. The number of hydrogen-bond donors (Lipinski definition) is 1. The molecule has 4 heteroatoms. The SMILES string of the molecule is CCOC(=O)C1(CC)C=C(c2cccc3ccccc23)NO1. The van der Waals surface area contributed by atoms with Gasteiger partial charge in [0.15, 0.2) is 0 Å². The topological polar surface area (TPSA) is 47.6 Å². The summed E-state index contributed by atoms with van der Waals surface area (Å²) in [5.41, 5.74) is 3.66. The van der Waals surface area contributed by atoms with Gasteiger partial charge >= 0.3 is 5.97 Å². The molecule has 3 rings (SSSR count). The van der Waals surface area contributed by atoms with Gasteiger partial charge in [-0.05, 0) is 30.2 Å². The Morgan fingerprint density at radius 2 is 1.95 bits per heavy atom. The van der Waals surface area contributed by atoms with Gasteiger partial charge in [-0.3, -0.25) is 10.3 Å². The van der Waals surface area contributed by atoms with Crippen LogP contribution in [-0.2, 0) is 14.4 Å². The summed E-state index contributed by atoms with van der Waals surface area (Å²) in [6.45, 7) is 4.03. The van der Waals surface area contributed by atoms with E-state index in [-0.39, 0.29) is 5.97 Å². The van der Waals surface area contributed by atoms with Crippen molar-refractivity contribution in [2.75, 3.05) is 6.61 Å². The van der Waals surface area contributed by atoms with E-state index in [4.69, 9.17) is 9.57 Å². The highest BCUT2D eigenvalue weighted by Crippen LogP contribution is 2.33. The van der Waals surface area contributed by atoms with Crippen LogP contribution in [0.25, 0.3) is 16.5 Å². The van der Waals surface area contributed by atoms with Crippen LogP contribution in [0, 0.1) is 0 Å². The molecule has 114 valence electrons. The molecule has 0 aromatic heterocycles. The molecule has 0 spiro atoms. The molecule has 0 radical (unpaired) electrons. The van der Waals surface area contributed by atoms with Gasteiger partial charge in [-0.1, -0.05) is 49.4 Å². The van der Waals surface area contributed by atoms with Crippen molar-refractivity contribution in [1.82, 2.24) is 5.48 Å². The fourth-order valence-corrected chi connectivity index (χ4v) is 2.70. The second kappa shape index (κ2) is 5.81. The van der Waals surface area contributed by atoms with Crippen LogP contribution < -0.4 is 5.48 Å². The van der Waals surface area contributed by atoms with Gasteiger partial charge in [0, 0.05) is 5.56 Å². The van der Waals surface area contributed by atoms with E-state index in [1.807, 2.05) is 37.3 Å². The van der Waals surface area contributed by atoms with E-state index in [0.717, 1.165) is 22.0 Å². The van der Waals surface area contributed by atoms with Gasteiger partial charge in [0.2, 0.25) is 5.60 Å². The molecule has 1 N–H and O–H groups in total. The number of benzene rings is 2. The smallest absolute Gasteiger partial charge is 0.345 e. The molecule has 1 heterocycles. The number of fused-ring (bicyclic) bond motifs is 1. The maximum atomic E-state index is 12.2. The number of rotatable bonds is 4. The lowest BCUT2D eigenvalue weighted by Gasteiger charge is -2.20. The van der Waals surface area contributed by atoms with Gasteiger partial charge in [-0.25, -0.2) is 4.79 Å². The largest absolute Gasteiger partial charge is 0.464 e. The summed E-state index contributed by atoms with van der Waals surface area (Å²) in [5, 5.41) is 2.26. The van der Waals surface area contributed by atoms with Crippen LogP contribution in [-0.4, -0.2) is 18.2 Å². The number of carbonyl (C=O) groups excluding carboxylic acids is 1. The van der Waals surface area contributed by atoms with Gasteiger partial charge in [0.25, 0.3) is 0 Å². The summed E-state index contributed by atoms with van der Waals surface area (Å²) in [7, 11) is 0. The monoisotopic (exact) mass is 297 g/mol. The Morgan fingerprint density at radius 1 is 1.18 bits per heavy atom. The first-order chi connectivity index (χ1) is 10.7. The summed E-state index contributed by atoms with van der Waals surface area (Å²) < 4.78 is 5.14. The van der Waals surface area contributed by atoms with E-state index in [1.165, 1.54) is 0 Å². The average molecular weight is 297 g/mol. The fraction of sp³-hybridized carbons (Fsp3) is 0.278. The Kier molecular flexibility index (Phi) is 3.86. The minimum absolute atomic E-state index is 0.335. The first-order valence-corrected chi connectivity index (χ1v) is 7.52. The molecule has 2 aromatic carbocycles. The molecule has 0 aliphatic carbocycles. The first-order valence-electron chi connectivity index (χ1n) is 7.52. The van der Waals surface area contributed by atoms with E-state index in [2.05, 4.69) is 23.7 Å². The third-order valence-electron chi connectivity index (χ3n) is 3.95. The summed E-state index contributed by atoms with van der Waals surface area (Å²) in [6, 6.07) is 14.2. The molecule has 2 aromatic rings. The average Bonchev–Trinajstić information content (AvgIpc) is 3.00. The number of hydroxylamine groups is 1. The lowest BCUT2D eigenvalue weighted by Crippen LogP contribution is -2.39. The highest BCUT2D eigenvalue weighted by Gasteiger charge is 2.43. The van der Waals surface area contributed by atoms with Crippen molar-refractivity contribution in [3.05, 3.63) is 54.1 Å². The second-order valence-corrected chi connectivity index (χ2v) is 5.25. The van der Waals surface area contributed by atoms with Gasteiger partial charge in [-0.15, -0.1) is 0 Å². The number of nitrogens with one attached hydrogen (secondary N) is 1. The Balaban J connectivity index is 2.05. The molecule has 1 unspecified atom stereocenters. The maximum absolute atomic E-state index is 12.2. The highest BCUT2D eigenvalue weighted by atomic mass is 16.7. The highest BCUT2D eigenvalue weighted by molar-refractivity contribution is 5.95. The normalized spacial score (nSPS) is 20.5. The summed E-state index contributed by atoms with van der Waals surface area (Å²) in [6.07, 6.45) is 2.33. The van der Waals surface area contributed by atoms with E-state index < -0.39 is 5.60 Å². The predicted octanol–water partition coefficient (Wildman–Crippen LogP) is 3.43. The minimum atomic E-state index is -1.05. The van der Waals surface area contributed by atoms with Crippen molar-refractivity contribution in [2.24, 2.45) is 0 Å². The number of ether oxygens (including phenoxy) is 1. The fourth-order valence-electron chi connectivity index (χ4n) is 2.70. The zero-order chi connectivity index (χ0) is 15.6. The van der Waals surface area contributed by atoms with Crippen LogP contribution in [0.5, 0.6) is 0 Å². The van der Waals surface area contributed by atoms with Gasteiger partial charge in [0.1, 0.15) is 0 Å². The van der Waals surface area contributed by atoms with Gasteiger partial charge in [0.05, 0.1) is 12.3 Å². The lowest BCUT2D eigenvalue weighted by atomic mass is 9.96. The third kappa shape index (κ3) is 2.35. The molecule has 1 aliphatic heterocycles. The van der Waals surface area contributed by atoms with Crippen LogP contribution >= 0.6 is 0 Å². The molecule has 22 heavy (non-hydrogen) atoms. The second-order valence-electron chi connectivity index (χ2n) is 5.25. The van der Waals surface area contributed by atoms with E-state index in [9.17, 15) is 4.79 Å². The Bertz CT molecular complexity index is 733. The van der Waals surface area contributed by atoms with E-state index in [0.29, 0.717) is 13.0 Å². The Hall–Kier alpha value is -2.33. The van der Waals surface area contributed by atoms with Crippen molar-refractivity contribution in [3.63, 3.8) is 0 Å². The third-order valence-corrected chi connectivity index (χ3v) is 3.95. The zero-order valence-electron chi connectivity index (χ0n) is 12.8. The lowest BCUT2D eigenvalue weighted by molar-refractivity contribution is -0.168. The van der Waals surface area contributed by atoms with Crippen molar-refractivity contribution < 1.29 is 14.4 Å². The van der Waals surface area contributed by atoms with Crippen LogP contribution in [0.3, 0.4) is 0 Å². The standard InChI is InChI=1S/C18H19NO3/c1-3-18(17(20)21-4-2)12-16(19-22-18)15-11-7-9-13-8-5-6-10-14(13)15/h5-12,19H,3-4H2,1-2H3. The number of hydrogen-bond acceptors (Lipinski definition) is 4. The maximum Gasteiger partial charge on any atom is 0.345 e. The molecule has 0 saturated heterocycles. The molecule has 0 bridgehead atoms. The van der Waals surface area contributed by atoms with Crippen LogP contribution in [0.15, 0.2) is 48.5 Å². The van der Waals surface area contributed by atoms with Gasteiger partial charge in [-0.2, -0.15) is 0 Å². The number of esters is 1. The van der Waals surface area contributed by atoms with Crippen molar-refractivity contribution in [3.8, 4) is 0 Å². The zero-order valence-corrected chi connectivity index (χ0v) is 12.8. The molecule has 0 saturated carbocycles. The Labute approximate surface area is 129 Å². The van der Waals surface area contributed by atoms with Crippen molar-refractivity contribution in [1.29, 1.82) is 0 Å². The van der Waals surface area contributed by atoms with Crippen molar-refractivity contribution >= 4 is 22.4 Å². The molecular formula is C18H19NO3. The van der Waals surface area contributed by atoms with Crippen LogP contribution in [0.2, 0.25) is 0 Å². The van der Waals surface area contributed by atoms with E-state index >= 15 is 0 Å². The van der Waals surface area contributed by atoms with Crippen LogP contribution in [0.1, 0.15) is 25.8 Å². The molecule has 4 nitrogen and oxygen atoms in total. The first kappa shape index (κ1) is 14.6. The van der Waals surface area contributed by atoms with Gasteiger partial charge < -0.3 is 4.74 Å². The molecule has 1 atom stereocenters. The Morgan fingerprint density at radius 3 is 2.73 bits per heavy atom. The number of carbonyl (C=O) groups is 1.